The first-order chi connectivity index (χ1) is 15.2. The molecule has 1 heterocycles. The molecule has 4 rings (SSSR count). The summed E-state index contributed by atoms with van der Waals surface area (Å²) in [6.45, 7) is 6.46. The van der Waals surface area contributed by atoms with Crippen LogP contribution in [0.4, 0.5) is 10.5 Å². The lowest BCUT2D eigenvalue weighted by Gasteiger charge is -2.23. The van der Waals surface area contributed by atoms with Gasteiger partial charge in [-0.05, 0) is 47.2 Å². The molecule has 1 aliphatic heterocycles. The van der Waals surface area contributed by atoms with Crippen molar-refractivity contribution in [3.63, 3.8) is 0 Å². The highest BCUT2D eigenvalue weighted by Crippen LogP contribution is 2.21. The third-order valence-corrected chi connectivity index (χ3v) is 5.96. The van der Waals surface area contributed by atoms with Crippen molar-refractivity contribution in [1.29, 1.82) is 0 Å². The highest BCUT2D eigenvalue weighted by molar-refractivity contribution is 5.90. The van der Waals surface area contributed by atoms with Gasteiger partial charge in [0.1, 0.15) is 0 Å². The molecule has 1 saturated heterocycles. The molecule has 1 fully saturated rings. The molecule has 0 aliphatic carbocycles. The minimum absolute atomic E-state index is 0.00817. The van der Waals surface area contributed by atoms with E-state index in [2.05, 4.69) is 71.7 Å². The van der Waals surface area contributed by atoms with E-state index in [0.29, 0.717) is 0 Å². The third kappa shape index (κ3) is 5.53. The average molecular weight is 414 g/mol. The lowest BCUT2D eigenvalue weighted by atomic mass is 10.0. The smallest absolute Gasteiger partial charge is 0.321 e. The first-order valence-electron chi connectivity index (χ1n) is 11.2. The minimum atomic E-state index is 0.00817. The van der Waals surface area contributed by atoms with Crippen LogP contribution >= 0.6 is 0 Å². The molecule has 31 heavy (non-hydrogen) atoms. The summed E-state index contributed by atoms with van der Waals surface area (Å²) in [5.74, 6) is 0. The third-order valence-electron chi connectivity index (χ3n) is 5.96. The van der Waals surface area contributed by atoms with Crippen molar-refractivity contribution in [3.8, 4) is 11.1 Å². The first-order valence-corrected chi connectivity index (χ1v) is 11.2. The zero-order valence-electron chi connectivity index (χ0n) is 18.3. The van der Waals surface area contributed by atoms with Crippen molar-refractivity contribution >= 4 is 11.7 Å². The summed E-state index contributed by atoms with van der Waals surface area (Å²) in [5, 5.41) is 3.12. The van der Waals surface area contributed by atoms with Crippen LogP contribution < -0.4 is 5.32 Å². The van der Waals surface area contributed by atoms with Gasteiger partial charge in [-0.1, -0.05) is 73.7 Å². The van der Waals surface area contributed by atoms with Crippen LogP contribution in [-0.2, 0) is 13.0 Å². The van der Waals surface area contributed by atoms with Crippen LogP contribution in [-0.4, -0.2) is 42.0 Å². The van der Waals surface area contributed by atoms with Crippen molar-refractivity contribution in [3.05, 3.63) is 90.0 Å². The molecular formula is C27H31N3O. The molecule has 4 heteroatoms. The number of aryl methyl sites for hydroxylation is 1. The summed E-state index contributed by atoms with van der Waals surface area (Å²) in [7, 11) is 0. The maximum atomic E-state index is 12.9. The summed E-state index contributed by atoms with van der Waals surface area (Å²) in [6, 6.07) is 27.4. The van der Waals surface area contributed by atoms with E-state index >= 15 is 0 Å². The van der Waals surface area contributed by atoms with E-state index in [4.69, 9.17) is 0 Å². The van der Waals surface area contributed by atoms with Crippen LogP contribution in [0, 0.1) is 0 Å². The molecule has 0 unspecified atom stereocenters. The summed E-state index contributed by atoms with van der Waals surface area (Å²) in [6.07, 6.45) is 1.90. The van der Waals surface area contributed by atoms with Gasteiger partial charge >= 0.3 is 6.03 Å². The Labute approximate surface area is 185 Å². The van der Waals surface area contributed by atoms with E-state index in [0.717, 1.165) is 51.3 Å². The van der Waals surface area contributed by atoms with Gasteiger partial charge in [0.05, 0.1) is 0 Å². The number of benzene rings is 3. The summed E-state index contributed by atoms with van der Waals surface area (Å²) >= 11 is 0. The van der Waals surface area contributed by atoms with E-state index in [1.165, 1.54) is 22.3 Å². The maximum Gasteiger partial charge on any atom is 0.321 e. The number of anilines is 1. The number of nitrogens with zero attached hydrogens (tertiary/aromatic N) is 2. The molecule has 0 spiro atoms. The second kappa shape index (κ2) is 10.3. The lowest BCUT2D eigenvalue weighted by Crippen LogP contribution is -2.38. The Morgan fingerprint density at radius 3 is 2.45 bits per heavy atom. The van der Waals surface area contributed by atoms with Gasteiger partial charge in [-0.15, -0.1) is 0 Å². The van der Waals surface area contributed by atoms with Crippen molar-refractivity contribution in [2.75, 3.05) is 31.5 Å². The lowest BCUT2D eigenvalue weighted by molar-refractivity contribution is 0.211. The number of carbonyl (C=O) groups excluding carboxylic acids is 1. The molecule has 0 radical (unpaired) electrons. The zero-order chi connectivity index (χ0) is 21.5. The second-order valence-electron chi connectivity index (χ2n) is 8.12. The Bertz CT molecular complexity index is 1000. The Morgan fingerprint density at radius 2 is 1.61 bits per heavy atom. The molecule has 0 saturated carbocycles. The molecule has 0 bridgehead atoms. The van der Waals surface area contributed by atoms with Gasteiger partial charge in [-0.25, -0.2) is 4.79 Å². The number of para-hydroxylation sites is 1. The average Bonchev–Trinajstić information content (AvgIpc) is 3.06. The fraction of sp³-hybridized carbons (Fsp3) is 0.296. The van der Waals surface area contributed by atoms with Gasteiger partial charge in [-0.3, -0.25) is 4.90 Å². The Hall–Kier alpha value is -3.11. The molecule has 1 N–H and O–H groups in total. The van der Waals surface area contributed by atoms with E-state index in [-0.39, 0.29) is 6.03 Å². The van der Waals surface area contributed by atoms with Gasteiger partial charge in [0.15, 0.2) is 0 Å². The minimum Gasteiger partial charge on any atom is -0.323 e. The summed E-state index contributed by atoms with van der Waals surface area (Å²) < 4.78 is 0. The van der Waals surface area contributed by atoms with Gasteiger partial charge in [0, 0.05) is 38.4 Å². The van der Waals surface area contributed by atoms with Crippen LogP contribution in [0.15, 0.2) is 78.9 Å². The molecule has 1 aliphatic rings. The predicted octanol–water partition coefficient (Wildman–Crippen LogP) is 5.66. The quantitative estimate of drug-likeness (QED) is 0.586. The van der Waals surface area contributed by atoms with E-state index in [9.17, 15) is 4.79 Å². The number of amides is 2. The van der Waals surface area contributed by atoms with Crippen LogP contribution in [0.25, 0.3) is 11.1 Å². The molecule has 2 amide bonds. The number of carbonyl (C=O) groups is 1. The van der Waals surface area contributed by atoms with Gasteiger partial charge in [0.25, 0.3) is 0 Å². The van der Waals surface area contributed by atoms with Crippen LogP contribution in [0.1, 0.15) is 24.5 Å². The Morgan fingerprint density at radius 1 is 0.839 bits per heavy atom. The van der Waals surface area contributed by atoms with Crippen LogP contribution in [0.5, 0.6) is 0 Å². The number of hydrogen-bond donors (Lipinski definition) is 1. The molecule has 4 nitrogen and oxygen atoms in total. The van der Waals surface area contributed by atoms with Gasteiger partial charge in [-0.2, -0.15) is 0 Å². The number of urea groups is 1. The standard InChI is InChI=1S/C27H31N3O/c1-2-23-11-6-7-15-26(23)28-27(31)30-17-9-16-29(18-19-30)21-22-10-8-14-25(20-22)24-12-4-3-5-13-24/h3-8,10-15,20H,2,9,16-19,21H2,1H3,(H,28,31). The monoisotopic (exact) mass is 413 g/mol. The molecule has 3 aromatic carbocycles. The fourth-order valence-electron chi connectivity index (χ4n) is 4.21. The number of hydrogen-bond acceptors (Lipinski definition) is 2. The molecule has 160 valence electrons. The summed E-state index contributed by atoms with van der Waals surface area (Å²) in [5.41, 5.74) is 5.91. The van der Waals surface area contributed by atoms with E-state index < -0.39 is 0 Å². The predicted molar refractivity (Wildman–Crippen MR) is 128 cm³/mol. The second-order valence-corrected chi connectivity index (χ2v) is 8.12. The van der Waals surface area contributed by atoms with Crippen molar-refractivity contribution < 1.29 is 4.79 Å². The van der Waals surface area contributed by atoms with E-state index in [1.54, 1.807) is 0 Å². The maximum absolute atomic E-state index is 12.9. The number of rotatable bonds is 5. The van der Waals surface area contributed by atoms with Crippen molar-refractivity contribution in [1.82, 2.24) is 9.80 Å². The molecular weight excluding hydrogens is 382 g/mol. The first kappa shape index (κ1) is 21.1. The molecule has 0 aromatic heterocycles. The van der Waals surface area contributed by atoms with Gasteiger partial charge < -0.3 is 10.2 Å². The highest BCUT2D eigenvalue weighted by atomic mass is 16.2. The molecule has 0 atom stereocenters. The van der Waals surface area contributed by atoms with Crippen molar-refractivity contribution in [2.24, 2.45) is 0 Å². The molecule has 3 aromatic rings. The summed E-state index contributed by atoms with van der Waals surface area (Å²) in [4.78, 5) is 17.3. The van der Waals surface area contributed by atoms with Crippen LogP contribution in [0.3, 0.4) is 0 Å². The topological polar surface area (TPSA) is 35.6 Å². The highest BCUT2D eigenvalue weighted by Gasteiger charge is 2.20. The van der Waals surface area contributed by atoms with Gasteiger partial charge in [0.2, 0.25) is 0 Å². The number of nitrogens with one attached hydrogen (secondary N) is 1. The zero-order valence-corrected chi connectivity index (χ0v) is 18.3. The normalized spacial score (nSPS) is 14.8. The van der Waals surface area contributed by atoms with E-state index in [1.807, 2.05) is 29.2 Å². The SMILES string of the molecule is CCc1ccccc1NC(=O)N1CCCN(Cc2cccc(-c3ccccc3)c2)CC1. The Kier molecular flexibility index (Phi) is 7.00. The largest absolute Gasteiger partial charge is 0.323 e. The fourth-order valence-corrected chi connectivity index (χ4v) is 4.21. The van der Waals surface area contributed by atoms with Crippen molar-refractivity contribution in [2.45, 2.75) is 26.3 Å². The Balaban J connectivity index is 1.36. The van der Waals surface area contributed by atoms with Crippen LogP contribution in [0.2, 0.25) is 0 Å².